The van der Waals surface area contributed by atoms with Crippen molar-refractivity contribution in [3.05, 3.63) is 35.9 Å². The van der Waals surface area contributed by atoms with Crippen LogP contribution in [0.4, 0.5) is 4.79 Å². The van der Waals surface area contributed by atoms with E-state index in [0.29, 0.717) is 12.5 Å². The number of carbonyl (C=O) groups is 1. The second-order valence-electron chi connectivity index (χ2n) is 6.15. The molecule has 0 aromatic heterocycles. The molecule has 21 heavy (non-hydrogen) atoms. The molecule has 0 radical (unpaired) electrons. The van der Waals surface area contributed by atoms with Gasteiger partial charge in [-0.2, -0.15) is 0 Å². The first-order chi connectivity index (χ1) is 10.1. The summed E-state index contributed by atoms with van der Waals surface area (Å²) < 4.78 is 0. The van der Waals surface area contributed by atoms with Crippen LogP contribution < -0.4 is 5.32 Å². The molecule has 116 valence electrons. The van der Waals surface area contributed by atoms with E-state index in [1.54, 1.807) is 0 Å². The minimum atomic E-state index is 0.0923. The molecular weight excluding hydrogens is 262 g/mol. The van der Waals surface area contributed by atoms with Gasteiger partial charge in [-0.3, -0.25) is 0 Å². The standard InChI is InChI=1S/C17H27N3O/c1-15-7-6-11-20(13-15)17(21)18-10-12-19(2)14-16-8-4-3-5-9-16/h3-5,8-9,15H,6-7,10-14H2,1-2H3,(H,18,21). The molecule has 1 saturated heterocycles. The van der Waals surface area contributed by atoms with Gasteiger partial charge in [0, 0.05) is 32.7 Å². The smallest absolute Gasteiger partial charge is 0.317 e. The Morgan fingerprint density at radius 3 is 2.86 bits per heavy atom. The van der Waals surface area contributed by atoms with Crippen LogP contribution in [0.25, 0.3) is 0 Å². The second-order valence-corrected chi connectivity index (χ2v) is 6.15. The van der Waals surface area contributed by atoms with E-state index in [2.05, 4.69) is 48.5 Å². The molecule has 0 bridgehead atoms. The van der Waals surface area contributed by atoms with E-state index in [9.17, 15) is 4.79 Å². The molecule has 1 N–H and O–H groups in total. The molecule has 1 atom stereocenters. The fraction of sp³-hybridized carbons (Fsp3) is 0.588. The number of piperidine rings is 1. The Bertz CT molecular complexity index is 435. The van der Waals surface area contributed by atoms with Gasteiger partial charge in [0.25, 0.3) is 0 Å². The monoisotopic (exact) mass is 289 g/mol. The number of carbonyl (C=O) groups excluding carboxylic acids is 1. The first kappa shape index (κ1) is 15.8. The van der Waals surface area contributed by atoms with Gasteiger partial charge in [-0.05, 0) is 31.4 Å². The van der Waals surface area contributed by atoms with Gasteiger partial charge in [0.05, 0.1) is 0 Å². The van der Waals surface area contributed by atoms with Gasteiger partial charge in [0.1, 0.15) is 0 Å². The van der Waals surface area contributed by atoms with Crippen molar-refractivity contribution in [3.8, 4) is 0 Å². The molecule has 1 aliphatic heterocycles. The number of amides is 2. The zero-order valence-electron chi connectivity index (χ0n) is 13.2. The molecule has 4 heteroatoms. The lowest BCUT2D eigenvalue weighted by atomic mass is 10.0. The Balaban J connectivity index is 1.65. The van der Waals surface area contributed by atoms with Gasteiger partial charge < -0.3 is 15.1 Å². The molecule has 2 amide bonds. The number of nitrogens with zero attached hydrogens (tertiary/aromatic N) is 2. The average molecular weight is 289 g/mol. The number of nitrogens with one attached hydrogen (secondary N) is 1. The molecule has 1 aromatic carbocycles. The van der Waals surface area contributed by atoms with Gasteiger partial charge in [-0.15, -0.1) is 0 Å². The summed E-state index contributed by atoms with van der Waals surface area (Å²) in [5.41, 5.74) is 1.30. The topological polar surface area (TPSA) is 35.6 Å². The molecule has 1 unspecified atom stereocenters. The minimum absolute atomic E-state index is 0.0923. The highest BCUT2D eigenvalue weighted by Gasteiger charge is 2.20. The SMILES string of the molecule is CC1CCCN(C(=O)NCCN(C)Cc2ccccc2)C1. The van der Waals surface area contributed by atoms with Crippen LogP contribution in [0.2, 0.25) is 0 Å². The average Bonchev–Trinajstić information content (AvgIpc) is 2.48. The summed E-state index contributed by atoms with van der Waals surface area (Å²) in [4.78, 5) is 16.3. The summed E-state index contributed by atoms with van der Waals surface area (Å²) in [7, 11) is 2.09. The van der Waals surface area contributed by atoms with Crippen LogP contribution in [-0.2, 0) is 6.54 Å². The summed E-state index contributed by atoms with van der Waals surface area (Å²) in [5, 5.41) is 3.03. The Morgan fingerprint density at radius 1 is 1.38 bits per heavy atom. The van der Waals surface area contributed by atoms with E-state index in [4.69, 9.17) is 0 Å². The first-order valence-electron chi connectivity index (χ1n) is 7.90. The minimum Gasteiger partial charge on any atom is -0.337 e. The maximum Gasteiger partial charge on any atom is 0.317 e. The lowest BCUT2D eigenvalue weighted by Gasteiger charge is -2.31. The number of urea groups is 1. The normalized spacial score (nSPS) is 18.8. The number of hydrogen-bond donors (Lipinski definition) is 1. The van der Waals surface area contributed by atoms with E-state index in [-0.39, 0.29) is 6.03 Å². The fourth-order valence-electron chi connectivity index (χ4n) is 2.81. The van der Waals surface area contributed by atoms with E-state index in [1.807, 2.05) is 11.0 Å². The molecule has 2 rings (SSSR count). The summed E-state index contributed by atoms with van der Waals surface area (Å²) in [6, 6.07) is 10.5. The third-order valence-corrected chi connectivity index (χ3v) is 4.01. The van der Waals surface area contributed by atoms with Crippen molar-refractivity contribution in [1.29, 1.82) is 0 Å². The third-order valence-electron chi connectivity index (χ3n) is 4.01. The zero-order valence-corrected chi connectivity index (χ0v) is 13.2. The Morgan fingerprint density at radius 2 is 2.14 bits per heavy atom. The highest BCUT2D eigenvalue weighted by Crippen LogP contribution is 2.15. The lowest BCUT2D eigenvalue weighted by Crippen LogP contribution is -2.46. The zero-order chi connectivity index (χ0) is 15.1. The molecule has 0 spiro atoms. The van der Waals surface area contributed by atoms with Crippen molar-refractivity contribution >= 4 is 6.03 Å². The molecule has 1 heterocycles. The van der Waals surface area contributed by atoms with Gasteiger partial charge in [0.2, 0.25) is 0 Å². The van der Waals surface area contributed by atoms with E-state index in [1.165, 1.54) is 12.0 Å². The van der Waals surface area contributed by atoms with Crippen LogP contribution in [0, 0.1) is 5.92 Å². The van der Waals surface area contributed by atoms with Crippen LogP contribution in [0.1, 0.15) is 25.3 Å². The third kappa shape index (κ3) is 5.38. The fourth-order valence-corrected chi connectivity index (χ4v) is 2.81. The maximum atomic E-state index is 12.1. The van der Waals surface area contributed by atoms with Crippen molar-refractivity contribution in [2.24, 2.45) is 5.92 Å². The van der Waals surface area contributed by atoms with Crippen molar-refractivity contribution in [2.45, 2.75) is 26.3 Å². The summed E-state index contributed by atoms with van der Waals surface area (Å²) >= 11 is 0. The van der Waals surface area contributed by atoms with Gasteiger partial charge >= 0.3 is 6.03 Å². The van der Waals surface area contributed by atoms with Crippen LogP contribution in [0.15, 0.2) is 30.3 Å². The number of likely N-dealkylation sites (tertiary alicyclic amines) is 1. The second kappa shape index (κ2) is 8.03. The number of likely N-dealkylation sites (N-methyl/N-ethyl adjacent to an activating group) is 1. The van der Waals surface area contributed by atoms with Crippen LogP contribution >= 0.6 is 0 Å². The van der Waals surface area contributed by atoms with E-state index >= 15 is 0 Å². The van der Waals surface area contributed by atoms with E-state index < -0.39 is 0 Å². The predicted molar refractivity (Wildman–Crippen MR) is 86.1 cm³/mol. The molecule has 0 aliphatic carbocycles. The molecule has 1 fully saturated rings. The van der Waals surface area contributed by atoms with Crippen LogP contribution in [0.5, 0.6) is 0 Å². The van der Waals surface area contributed by atoms with Crippen LogP contribution in [0.3, 0.4) is 0 Å². The Hall–Kier alpha value is -1.55. The highest BCUT2D eigenvalue weighted by atomic mass is 16.2. The molecule has 0 saturated carbocycles. The van der Waals surface area contributed by atoms with Crippen LogP contribution in [-0.4, -0.2) is 49.1 Å². The lowest BCUT2D eigenvalue weighted by molar-refractivity contribution is 0.168. The van der Waals surface area contributed by atoms with Gasteiger partial charge in [0.15, 0.2) is 0 Å². The van der Waals surface area contributed by atoms with Crippen molar-refractivity contribution in [2.75, 3.05) is 33.2 Å². The van der Waals surface area contributed by atoms with Gasteiger partial charge in [-0.1, -0.05) is 37.3 Å². The Labute approximate surface area is 128 Å². The first-order valence-corrected chi connectivity index (χ1v) is 7.90. The van der Waals surface area contributed by atoms with Crippen molar-refractivity contribution < 1.29 is 4.79 Å². The highest BCUT2D eigenvalue weighted by molar-refractivity contribution is 5.74. The quantitative estimate of drug-likeness (QED) is 0.904. The molecular formula is C17H27N3O. The number of rotatable bonds is 5. The molecule has 4 nitrogen and oxygen atoms in total. The summed E-state index contributed by atoms with van der Waals surface area (Å²) in [6.45, 7) is 6.49. The maximum absolute atomic E-state index is 12.1. The van der Waals surface area contributed by atoms with Crippen molar-refractivity contribution in [1.82, 2.24) is 15.1 Å². The van der Waals surface area contributed by atoms with Crippen molar-refractivity contribution in [3.63, 3.8) is 0 Å². The number of hydrogen-bond acceptors (Lipinski definition) is 2. The van der Waals surface area contributed by atoms with Gasteiger partial charge in [-0.25, -0.2) is 4.79 Å². The molecule has 1 aromatic rings. The Kier molecular flexibility index (Phi) is 6.05. The summed E-state index contributed by atoms with van der Waals surface area (Å²) in [5.74, 6) is 0.630. The molecule has 1 aliphatic rings. The predicted octanol–water partition coefficient (Wildman–Crippen LogP) is 2.56. The summed E-state index contributed by atoms with van der Waals surface area (Å²) in [6.07, 6.45) is 2.37. The number of benzene rings is 1. The largest absolute Gasteiger partial charge is 0.337 e. The van der Waals surface area contributed by atoms with E-state index in [0.717, 1.165) is 32.6 Å².